The van der Waals surface area contributed by atoms with Gasteiger partial charge in [0, 0.05) is 26.1 Å². The number of likely N-dealkylation sites (tertiary alicyclic amines) is 1. The predicted octanol–water partition coefficient (Wildman–Crippen LogP) is 8.75. The Morgan fingerprint density at radius 1 is 1.00 bits per heavy atom. The Labute approximate surface area is 242 Å². The molecule has 1 saturated heterocycles. The number of carbonyl (C=O) groups is 1. The second kappa shape index (κ2) is 12.2. The second-order valence-electron chi connectivity index (χ2n) is 11.0. The van der Waals surface area contributed by atoms with Gasteiger partial charge in [-0.25, -0.2) is 13.6 Å². The number of alkyl halides is 5. The van der Waals surface area contributed by atoms with Crippen LogP contribution < -0.4 is 0 Å². The zero-order valence-electron chi connectivity index (χ0n) is 23.3. The van der Waals surface area contributed by atoms with Gasteiger partial charge in [0.1, 0.15) is 0 Å². The summed E-state index contributed by atoms with van der Waals surface area (Å²) in [6.07, 6.45) is -2.24. The Morgan fingerprint density at radius 3 is 2.45 bits per heavy atom. The molecule has 0 spiro atoms. The van der Waals surface area contributed by atoms with Crippen LogP contribution >= 0.6 is 0 Å². The number of nitrogens with zero attached hydrogens (tertiary/aromatic N) is 1. The van der Waals surface area contributed by atoms with Gasteiger partial charge in [0.05, 0.1) is 11.1 Å². The molecule has 42 heavy (non-hydrogen) atoms. The summed E-state index contributed by atoms with van der Waals surface area (Å²) < 4.78 is 66.8. The molecule has 0 amide bonds. The largest absolute Gasteiger partial charge is 0.478 e. The summed E-state index contributed by atoms with van der Waals surface area (Å²) in [6, 6.07) is 17.1. The average molecular weight is 582 g/mol. The lowest BCUT2D eigenvalue weighted by molar-refractivity contribution is -0.138. The molecule has 5 rings (SSSR count). The van der Waals surface area contributed by atoms with Crippen molar-refractivity contribution in [3.63, 3.8) is 0 Å². The molecular formula is C34H32F5NO2. The van der Waals surface area contributed by atoms with Crippen molar-refractivity contribution in [1.82, 2.24) is 4.90 Å². The van der Waals surface area contributed by atoms with E-state index in [2.05, 4.69) is 6.08 Å². The molecule has 1 fully saturated rings. The number of aryl methyl sites for hydroxylation is 1. The van der Waals surface area contributed by atoms with Gasteiger partial charge in [-0.1, -0.05) is 54.1 Å². The number of carboxylic acids is 1. The molecule has 3 aromatic rings. The highest BCUT2D eigenvalue weighted by molar-refractivity contribution is 6.01. The number of hydrogen-bond donors (Lipinski definition) is 1. The maximum absolute atomic E-state index is 13.9. The second-order valence-corrected chi connectivity index (χ2v) is 11.0. The number of hydrogen-bond acceptors (Lipinski definition) is 2. The Balaban J connectivity index is 1.58. The van der Waals surface area contributed by atoms with E-state index in [1.165, 1.54) is 13.0 Å². The van der Waals surface area contributed by atoms with E-state index in [9.17, 15) is 31.9 Å². The van der Waals surface area contributed by atoms with Gasteiger partial charge in [-0.15, -0.1) is 0 Å². The minimum Gasteiger partial charge on any atom is -0.478 e. The minimum atomic E-state index is -4.48. The molecule has 0 atom stereocenters. The maximum atomic E-state index is 13.9. The van der Waals surface area contributed by atoms with Gasteiger partial charge in [0.2, 0.25) is 6.43 Å². The number of aromatic carboxylic acids is 1. The number of benzene rings is 3. The molecule has 0 bridgehead atoms. The smallest absolute Gasteiger partial charge is 0.416 e. The van der Waals surface area contributed by atoms with E-state index < -0.39 is 24.1 Å². The molecule has 1 N–H and O–H groups in total. The molecule has 1 aliphatic carbocycles. The third kappa shape index (κ3) is 6.49. The fourth-order valence-electron chi connectivity index (χ4n) is 6.11. The van der Waals surface area contributed by atoms with Gasteiger partial charge in [-0.2, -0.15) is 13.2 Å². The Bertz CT molecular complexity index is 1540. The zero-order valence-corrected chi connectivity index (χ0v) is 23.3. The van der Waals surface area contributed by atoms with Crippen molar-refractivity contribution in [3.05, 3.63) is 111 Å². The maximum Gasteiger partial charge on any atom is 0.416 e. The molecule has 2 aliphatic rings. The van der Waals surface area contributed by atoms with E-state index in [4.69, 9.17) is 0 Å². The molecule has 0 unspecified atom stereocenters. The van der Waals surface area contributed by atoms with Crippen LogP contribution in [0.15, 0.2) is 66.2 Å². The molecule has 1 heterocycles. The molecule has 8 heteroatoms. The van der Waals surface area contributed by atoms with Crippen molar-refractivity contribution in [1.29, 1.82) is 0 Å². The molecule has 0 radical (unpaired) electrons. The zero-order chi connectivity index (χ0) is 30.0. The molecule has 220 valence electrons. The number of fused-ring (bicyclic) bond motifs is 1. The van der Waals surface area contributed by atoms with Crippen LogP contribution in [-0.4, -0.2) is 42.0 Å². The number of rotatable bonds is 7. The Morgan fingerprint density at radius 2 is 1.76 bits per heavy atom. The van der Waals surface area contributed by atoms with Crippen molar-refractivity contribution in [2.75, 3.05) is 19.6 Å². The first-order valence-corrected chi connectivity index (χ1v) is 14.1. The van der Waals surface area contributed by atoms with Crippen LogP contribution in [-0.2, 0) is 12.6 Å². The van der Waals surface area contributed by atoms with E-state index in [1.54, 1.807) is 24.3 Å². The third-order valence-corrected chi connectivity index (χ3v) is 8.17. The summed E-state index contributed by atoms with van der Waals surface area (Å²) in [4.78, 5) is 13.7. The van der Waals surface area contributed by atoms with Crippen molar-refractivity contribution in [3.8, 4) is 0 Å². The fourth-order valence-corrected chi connectivity index (χ4v) is 6.11. The number of allylic oxidation sites excluding steroid dienone is 1. The normalized spacial score (nSPS) is 17.2. The van der Waals surface area contributed by atoms with Crippen molar-refractivity contribution in [2.45, 2.75) is 51.6 Å². The van der Waals surface area contributed by atoms with Crippen LogP contribution in [0.2, 0.25) is 0 Å². The minimum absolute atomic E-state index is 0.139. The van der Waals surface area contributed by atoms with E-state index in [0.29, 0.717) is 37.9 Å². The highest BCUT2D eigenvalue weighted by atomic mass is 19.4. The predicted molar refractivity (Wildman–Crippen MR) is 155 cm³/mol. The standard InChI is InChI=1S/C34H32F5NO2/c1-21-27(5-3-7-30(21)34(37,38)39)29-6-2-4-25-19-26(33(41)42)12-13-28(25)32(29)24-10-8-22(9-11-24)18-23-14-16-40(20-23)17-15-31(35)36/h3,5,7-13,18-19,31H,2,4,6,14-17,20H2,1H3,(H,41,42)/b23-18-. The summed E-state index contributed by atoms with van der Waals surface area (Å²) in [5.74, 6) is -1.03. The quantitative estimate of drug-likeness (QED) is 0.284. The topological polar surface area (TPSA) is 40.5 Å². The summed E-state index contributed by atoms with van der Waals surface area (Å²) in [7, 11) is 0. The summed E-state index contributed by atoms with van der Waals surface area (Å²) >= 11 is 0. The lowest BCUT2D eigenvalue weighted by Gasteiger charge is -2.20. The third-order valence-electron chi connectivity index (χ3n) is 8.17. The van der Waals surface area contributed by atoms with Crippen LogP contribution in [0, 0.1) is 6.92 Å². The van der Waals surface area contributed by atoms with E-state index >= 15 is 0 Å². The molecule has 0 saturated carbocycles. The SMILES string of the molecule is Cc1c(C2=C(c3ccc(/C=C4/CCN(CCC(F)F)C4)cc3)c3ccc(C(=O)O)cc3CCC2)cccc1C(F)(F)F. The molecule has 1 aliphatic heterocycles. The molecule has 3 aromatic carbocycles. The lowest BCUT2D eigenvalue weighted by atomic mass is 9.85. The van der Waals surface area contributed by atoms with Gasteiger partial charge >= 0.3 is 12.1 Å². The van der Waals surface area contributed by atoms with Crippen LogP contribution in [0.3, 0.4) is 0 Å². The molecular weight excluding hydrogens is 549 g/mol. The van der Waals surface area contributed by atoms with Crippen LogP contribution in [0.5, 0.6) is 0 Å². The van der Waals surface area contributed by atoms with Gasteiger partial charge in [-0.3, -0.25) is 4.90 Å². The van der Waals surface area contributed by atoms with E-state index in [-0.39, 0.29) is 17.5 Å². The number of halogens is 5. The Kier molecular flexibility index (Phi) is 8.64. The molecule has 0 aromatic heterocycles. The monoisotopic (exact) mass is 581 g/mol. The Hall–Kier alpha value is -3.78. The summed E-state index contributed by atoms with van der Waals surface area (Å²) in [6.45, 7) is 3.27. The van der Waals surface area contributed by atoms with Crippen LogP contribution in [0.1, 0.15) is 75.0 Å². The lowest BCUT2D eigenvalue weighted by Crippen LogP contribution is -2.22. The van der Waals surface area contributed by atoms with Gasteiger partial charge in [-0.05, 0) is 95.3 Å². The fraction of sp³-hybridized carbons (Fsp3) is 0.324. The first-order valence-electron chi connectivity index (χ1n) is 14.1. The average Bonchev–Trinajstić information content (AvgIpc) is 3.30. The highest BCUT2D eigenvalue weighted by Gasteiger charge is 2.34. The number of carboxylic acid groups (broad SMARTS) is 1. The van der Waals surface area contributed by atoms with Gasteiger partial charge in [0.25, 0.3) is 0 Å². The van der Waals surface area contributed by atoms with Crippen LogP contribution in [0.4, 0.5) is 22.0 Å². The van der Waals surface area contributed by atoms with Crippen molar-refractivity contribution in [2.24, 2.45) is 0 Å². The van der Waals surface area contributed by atoms with E-state index in [1.807, 2.05) is 29.2 Å². The summed E-state index contributed by atoms with van der Waals surface area (Å²) in [5.41, 5.74) is 6.45. The first kappa shape index (κ1) is 29.7. The summed E-state index contributed by atoms with van der Waals surface area (Å²) in [5, 5.41) is 9.57. The van der Waals surface area contributed by atoms with E-state index in [0.717, 1.165) is 58.0 Å². The van der Waals surface area contributed by atoms with Gasteiger partial charge in [0.15, 0.2) is 0 Å². The van der Waals surface area contributed by atoms with Crippen LogP contribution in [0.25, 0.3) is 17.2 Å². The first-order chi connectivity index (χ1) is 20.0. The van der Waals surface area contributed by atoms with Gasteiger partial charge < -0.3 is 5.11 Å². The van der Waals surface area contributed by atoms with Crippen molar-refractivity contribution < 1.29 is 31.9 Å². The molecule has 3 nitrogen and oxygen atoms in total. The van der Waals surface area contributed by atoms with Crippen molar-refractivity contribution >= 4 is 23.2 Å². The highest BCUT2D eigenvalue weighted by Crippen LogP contribution is 2.43.